The van der Waals surface area contributed by atoms with E-state index < -0.39 is 6.55 Å². The molecule has 0 saturated heterocycles. The fourth-order valence-corrected chi connectivity index (χ4v) is 2.32. The Bertz CT molecular complexity index is 743. The number of rotatable bonds is 5. The molecule has 0 unspecified atom stereocenters. The third-order valence-corrected chi connectivity index (χ3v) is 3.91. The minimum Gasteiger partial charge on any atom is -0.335 e. The maximum Gasteiger partial charge on any atom is 0.319 e. The lowest BCUT2D eigenvalue weighted by atomic mass is 9.87. The van der Waals surface area contributed by atoms with Crippen molar-refractivity contribution in [2.75, 3.05) is 7.05 Å². The first kappa shape index (κ1) is 18.8. The first-order chi connectivity index (χ1) is 11.7. The highest BCUT2D eigenvalue weighted by atomic mass is 19.3. The molecule has 2 rings (SSSR count). The molecule has 134 valence electrons. The zero-order chi connectivity index (χ0) is 18.6. The number of carbonyl (C=O) groups excluding carboxylic acids is 1. The van der Waals surface area contributed by atoms with Gasteiger partial charge in [0.1, 0.15) is 5.82 Å². The number of carbonyl (C=O) groups is 1. The lowest BCUT2D eigenvalue weighted by Gasteiger charge is -2.18. The summed E-state index contributed by atoms with van der Waals surface area (Å²) in [6.07, 6.45) is 5.64. The van der Waals surface area contributed by atoms with Crippen LogP contribution in [0.1, 0.15) is 44.3 Å². The number of likely N-dealkylation sites (N-methyl/N-ethyl adjacent to an activating group) is 1. The van der Waals surface area contributed by atoms with Crippen molar-refractivity contribution < 1.29 is 13.6 Å². The van der Waals surface area contributed by atoms with Crippen molar-refractivity contribution in [3.05, 3.63) is 59.7 Å². The minimum atomic E-state index is -2.67. The lowest BCUT2D eigenvalue weighted by molar-refractivity contribution is -0.125. The second-order valence-corrected chi connectivity index (χ2v) is 6.93. The molecule has 0 saturated carbocycles. The van der Waals surface area contributed by atoms with Crippen molar-refractivity contribution in [2.24, 2.45) is 0 Å². The van der Waals surface area contributed by atoms with Gasteiger partial charge in [0.25, 0.3) is 0 Å². The van der Waals surface area contributed by atoms with Gasteiger partial charge in [-0.25, -0.2) is 4.98 Å². The van der Waals surface area contributed by atoms with Gasteiger partial charge in [-0.15, -0.1) is 0 Å². The average Bonchev–Trinajstić information content (AvgIpc) is 3.00. The molecule has 0 atom stereocenters. The summed E-state index contributed by atoms with van der Waals surface area (Å²) in [7, 11) is 1.56. The van der Waals surface area contributed by atoms with Gasteiger partial charge in [-0.05, 0) is 22.6 Å². The average molecular weight is 347 g/mol. The highest BCUT2D eigenvalue weighted by Crippen LogP contribution is 2.22. The molecule has 0 aliphatic rings. The number of halogens is 2. The molecule has 1 aromatic heterocycles. The topological polar surface area (TPSA) is 38.1 Å². The van der Waals surface area contributed by atoms with Crippen LogP contribution in [0.15, 0.2) is 42.7 Å². The fourth-order valence-electron chi connectivity index (χ4n) is 2.32. The van der Waals surface area contributed by atoms with Crippen LogP contribution in [-0.2, 0) is 16.8 Å². The van der Waals surface area contributed by atoms with E-state index in [4.69, 9.17) is 0 Å². The molecule has 6 heteroatoms. The van der Waals surface area contributed by atoms with Crippen molar-refractivity contribution in [3.8, 4) is 0 Å². The summed E-state index contributed by atoms with van der Waals surface area (Å²) in [4.78, 5) is 17.4. The molecular weight excluding hydrogens is 324 g/mol. The SMILES string of the molecule is CN(Cc1nccn1C(F)F)C(=O)/C=C/c1ccc(C(C)(C)C)cc1. The van der Waals surface area contributed by atoms with Gasteiger partial charge in [0.05, 0.1) is 6.54 Å². The van der Waals surface area contributed by atoms with Crippen molar-refractivity contribution in [1.82, 2.24) is 14.5 Å². The molecule has 2 aromatic rings. The van der Waals surface area contributed by atoms with Crippen molar-refractivity contribution >= 4 is 12.0 Å². The van der Waals surface area contributed by atoms with Gasteiger partial charge < -0.3 is 4.90 Å². The number of amides is 1. The van der Waals surface area contributed by atoms with Crippen molar-refractivity contribution in [2.45, 2.75) is 39.3 Å². The van der Waals surface area contributed by atoms with Gasteiger partial charge in [-0.1, -0.05) is 45.0 Å². The zero-order valence-corrected chi connectivity index (χ0v) is 14.9. The summed E-state index contributed by atoms with van der Waals surface area (Å²) < 4.78 is 26.4. The third-order valence-electron chi connectivity index (χ3n) is 3.91. The molecule has 0 fully saturated rings. The monoisotopic (exact) mass is 347 g/mol. The molecule has 25 heavy (non-hydrogen) atoms. The van der Waals surface area contributed by atoms with E-state index in [1.807, 2.05) is 24.3 Å². The lowest BCUT2D eigenvalue weighted by Crippen LogP contribution is -2.26. The summed E-state index contributed by atoms with van der Waals surface area (Å²) in [6, 6.07) is 7.97. The molecule has 1 aromatic carbocycles. The maximum absolute atomic E-state index is 12.8. The largest absolute Gasteiger partial charge is 0.335 e. The van der Waals surface area contributed by atoms with Crippen LogP contribution in [-0.4, -0.2) is 27.4 Å². The standard InChI is InChI=1S/C19H23F2N3O/c1-19(2,3)15-8-5-14(6-9-15)7-10-17(25)23(4)13-16-22-11-12-24(16)18(20)21/h5-12,18H,13H2,1-4H3/b10-7+. The number of benzene rings is 1. The van der Waals surface area contributed by atoms with Crippen molar-refractivity contribution in [3.63, 3.8) is 0 Å². The van der Waals surface area contributed by atoms with Gasteiger partial charge in [-0.3, -0.25) is 9.36 Å². The summed E-state index contributed by atoms with van der Waals surface area (Å²) in [5, 5.41) is 0. The van der Waals surface area contributed by atoms with E-state index in [-0.39, 0.29) is 23.7 Å². The Balaban J connectivity index is 2.01. The number of aromatic nitrogens is 2. The Hall–Kier alpha value is -2.50. The van der Waals surface area contributed by atoms with E-state index >= 15 is 0 Å². The molecule has 0 spiro atoms. The quantitative estimate of drug-likeness (QED) is 0.759. The predicted octanol–water partition coefficient (Wildman–Crippen LogP) is 4.25. The van der Waals surface area contributed by atoms with Crippen LogP contribution in [0, 0.1) is 0 Å². The van der Waals surface area contributed by atoms with Crippen molar-refractivity contribution in [1.29, 1.82) is 0 Å². The minimum absolute atomic E-state index is 0.0173. The van der Waals surface area contributed by atoms with Crippen LogP contribution in [0.2, 0.25) is 0 Å². The van der Waals surface area contributed by atoms with Crippen LogP contribution in [0.4, 0.5) is 8.78 Å². The smallest absolute Gasteiger partial charge is 0.319 e. The fraction of sp³-hybridized carbons (Fsp3) is 0.368. The molecule has 1 heterocycles. The second-order valence-electron chi connectivity index (χ2n) is 6.93. The van der Waals surface area contributed by atoms with Crippen LogP contribution < -0.4 is 0 Å². The summed E-state index contributed by atoms with van der Waals surface area (Å²) >= 11 is 0. The zero-order valence-electron chi connectivity index (χ0n) is 14.9. The summed E-state index contributed by atoms with van der Waals surface area (Å²) in [5.74, 6) is -0.127. The second kappa shape index (κ2) is 7.59. The van der Waals surface area contributed by atoms with Gasteiger partial charge in [-0.2, -0.15) is 8.78 Å². The van der Waals surface area contributed by atoms with Gasteiger partial charge in [0, 0.05) is 25.5 Å². The molecule has 0 N–H and O–H groups in total. The highest BCUT2D eigenvalue weighted by Gasteiger charge is 2.15. The molecule has 0 radical (unpaired) electrons. The Morgan fingerprint density at radius 3 is 2.48 bits per heavy atom. The molecule has 0 aliphatic carbocycles. The van der Waals surface area contributed by atoms with Crippen LogP contribution in [0.3, 0.4) is 0 Å². The molecular formula is C19H23F2N3O. The third kappa shape index (κ3) is 4.98. The summed E-state index contributed by atoms with van der Waals surface area (Å²) in [5.41, 5.74) is 2.20. The van der Waals surface area contributed by atoms with Gasteiger partial charge in [0.15, 0.2) is 0 Å². The Morgan fingerprint density at radius 2 is 1.92 bits per heavy atom. The number of alkyl halides is 2. The predicted molar refractivity (Wildman–Crippen MR) is 94.1 cm³/mol. The summed E-state index contributed by atoms with van der Waals surface area (Å²) in [6.45, 7) is 3.76. The van der Waals surface area contributed by atoms with Crippen LogP contribution >= 0.6 is 0 Å². The van der Waals surface area contributed by atoms with Gasteiger partial charge >= 0.3 is 6.55 Å². The Labute approximate surface area is 146 Å². The molecule has 1 amide bonds. The molecule has 0 aliphatic heterocycles. The first-order valence-electron chi connectivity index (χ1n) is 8.02. The van der Waals surface area contributed by atoms with E-state index in [0.717, 1.165) is 10.1 Å². The Morgan fingerprint density at radius 1 is 1.28 bits per heavy atom. The number of nitrogens with zero attached hydrogens (tertiary/aromatic N) is 3. The van der Waals surface area contributed by atoms with Crippen LogP contribution in [0.25, 0.3) is 6.08 Å². The van der Waals surface area contributed by atoms with E-state index in [1.54, 1.807) is 13.1 Å². The van der Waals surface area contributed by atoms with E-state index in [2.05, 4.69) is 25.8 Å². The first-order valence-corrected chi connectivity index (χ1v) is 8.02. The van der Waals surface area contributed by atoms with E-state index in [9.17, 15) is 13.6 Å². The normalized spacial score (nSPS) is 12.1. The van der Waals surface area contributed by atoms with Gasteiger partial charge in [0.2, 0.25) is 5.91 Å². The highest BCUT2D eigenvalue weighted by molar-refractivity contribution is 5.91. The molecule has 4 nitrogen and oxygen atoms in total. The maximum atomic E-state index is 12.8. The number of hydrogen-bond donors (Lipinski definition) is 0. The van der Waals surface area contributed by atoms with E-state index in [0.29, 0.717) is 0 Å². The van der Waals surface area contributed by atoms with Crippen LogP contribution in [0.5, 0.6) is 0 Å². The number of hydrogen-bond acceptors (Lipinski definition) is 2. The molecule has 0 bridgehead atoms. The van der Waals surface area contributed by atoms with E-state index in [1.165, 1.54) is 28.9 Å². The number of imidazole rings is 1. The Kier molecular flexibility index (Phi) is 5.72.